The van der Waals surface area contributed by atoms with Crippen molar-refractivity contribution in [3.05, 3.63) is 36.2 Å². The number of fused-ring (bicyclic) bond motifs is 1. The van der Waals surface area contributed by atoms with Gasteiger partial charge in [0.1, 0.15) is 12.2 Å². The van der Waals surface area contributed by atoms with Crippen LogP contribution in [-0.4, -0.2) is 33.4 Å². The van der Waals surface area contributed by atoms with E-state index in [9.17, 15) is 18.0 Å². The summed E-state index contributed by atoms with van der Waals surface area (Å²) in [4.78, 5) is 16.8. The number of carbonyl (C=O) groups excluding carboxylic acids is 1. The van der Waals surface area contributed by atoms with E-state index >= 15 is 0 Å². The summed E-state index contributed by atoms with van der Waals surface area (Å²) in [5, 5.41) is 6.45. The zero-order valence-electron chi connectivity index (χ0n) is 13.5. The molecule has 0 unspecified atom stereocenters. The summed E-state index contributed by atoms with van der Waals surface area (Å²) in [6.07, 6.45) is -1.62. The summed E-state index contributed by atoms with van der Waals surface area (Å²) in [6, 6.07) is 4.67. The Morgan fingerprint density at radius 2 is 2.16 bits per heavy atom. The van der Waals surface area contributed by atoms with E-state index in [1.54, 1.807) is 16.8 Å². The van der Waals surface area contributed by atoms with E-state index in [4.69, 9.17) is 4.42 Å². The highest BCUT2D eigenvalue weighted by Crippen LogP contribution is 2.26. The second kappa shape index (κ2) is 6.23. The molecule has 0 saturated carbocycles. The lowest BCUT2D eigenvalue weighted by molar-refractivity contribution is -0.123. The van der Waals surface area contributed by atoms with Crippen molar-refractivity contribution in [1.29, 1.82) is 0 Å². The predicted molar refractivity (Wildman–Crippen MR) is 84.0 cm³/mol. The van der Waals surface area contributed by atoms with Gasteiger partial charge in [-0.15, -0.1) is 0 Å². The van der Waals surface area contributed by atoms with Gasteiger partial charge in [0, 0.05) is 6.04 Å². The first-order valence-corrected chi connectivity index (χ1v) is 7.53. The Balaban J connectivity index is 2.11. The van der Waals surface area contributed by atoms with Crippen LogP contribution in [0.5, 0.6) is 0 Å². The maximum Gasteiger partial charge on any atom is 0.405 e. The minimum absolute atomic E-state index is 0.0389. The summed E-state index contributed by atoms with van der Waals surface area (Å²) in [5.74, 6) is -0.441. The van der Waals surface area contributed by atoms with Crippen LogP contribution in [0.4, 0.5) is 13.2 Å². The van der Waals surface area contributed by atoms with Crippen molar-refractivity contribution in [2.24, 2.45) is 0 Å². The Bertz CT molecular complexity index is 898. The Hall–Kier alpha value is -2.84. The highest BCUT2D eigenvalue weighted by molar-refractivity contribution is 6.06. The standard InChI is InChI=1S/C16H15F3N4O2/c1-9(2)23-14-11(7-21-23)10(15(24)20-8-16(17,18)19)6-12(22-14)13-4-3-5-25-13/h3-7,9H,8H2,1-2H3,(H,20,24). The van der Waals surface area contributed by atoms with E-state index in [1.807, 2.05) is 19.2 Å². The van der Waals surface area contributed by atoms with Crippen molar-refractivity contribution in [1.82, 2.24) is 20.1 Å². The number of nitrogens with one attached hydrogen (secondary N) is 1. The van der Waals surface area contributed by atoms with Crippen LogP contribution in [0.25, 0.3) is 22.5 Å². The number of halogens is 3. The van der Waals surface area contributed by atoms with Gasteiger partial charge in [0.2, 0.25) is 0 Å². The third-order valence-electron chi connectivity index (χ3n) is 3.52. The average Bonchev–Trinajstić information content (AvgIpc) is 3.19. The van der Waals surface area contributed by atoms with Crippen LogP contribution in [0.15, 0.2) is 35.1 Å². The maximum atomic E-state index is 12.4. The van der Waals surface area contributed by atoms with E-state index in [0.717, 1.165) is 0 Å². The number of pyridine rings is 1. The van der Waals surface area contributed by atoms with Crippen LogP contribution in [0, 0.1) is 0 Å². The van der Waals surface area contributed by atoms with Gasteiger partial charge in [0.05, 0.1) is 23.4 Å². The zero-order chi connectivity index (χ0) is 18.2. The molecule has 1 N–H and O–H groups in total. The SMILES string of the molecule is CC(C)n1ncc2c(C(=O)NCC(F)(F)F)cc(-c3ccco3)nc21. The minimum atomic E-state index is -4.49. The Labute approximate surface area is 140 Å². The number of rotatable bonds is 4. The molecule has 132 valence electrons. The van der Waals surface area contributed by atoms with E-state index in [0.29, 0.717) is 22.5 Å². The number of furan rings is 1. The van der Waals surface area contributed by atoms with Crippen molar-refractivity contribution in [2.75, 3.05) is 6.54 Å². The molecule has 0 atom stereocenters. The fourth-order valence-corrected chi connectivity index (χ4v) is 2.41. The monoisotopic (exact) mass is 352 g/mol. The van der Waals surface area contributed by atoms with Crippen molar-refractivity contribution in [2.45, 2.75) is 26.1 Å². The molecule has 25 heavy (non-hydrogen) atoms. The summed E-state index contributed by atoms with van der Waals surface area (Å²) in [5.41, 5.74) is 0.811. The van der Waals surface area contributed by atoms with E-state index < -0.39 is 18.6 Å². The topological polar surface area (TPSA) is 73.0 Å². The maximum absolute atomic E-state index is 12.4. The second-order valence-corrected chi connectivity index (χ2v) is 5.75. The number of alkyl halides is 3. The fourth-order valence-electron chi connectivity index (χ4n) is 2.41. The number of nitrogens with zero attached hydrogens (tertiary/aromatic N) is 3. The van der Waals surface area contributed by atoms with Crippen molar-refractivity contribution >= 4 is 16.9 Å². The first-order valence-electron chi connectivity index (χ1n) is 7.53. The lowest BCUT2D eigenvalue weighted by Crippen LogP contribution is -2.33. The molecule has 9 heteroatoms. The molecule has 0 fully saturated rings. The normalized spacial score (nSPS) is 12.1. The average molecular weight is 352 g/mol. The van der Waals surface area contributed by atoms with E-state index in [1.165, 1.54) is 18.5 Å². The molecule has 0 bridgehead atoms. The minimum Gasteiger partial charge on any atom is -0.463 e. The van der Waals surface area contributed by atoms with Crippen molar-refractivity contribution in [3.63, 3.8) is 0 Å². The molecule has 0 aliphatic carbocycles. The van der Waals surface area contributed by atoms with Gasteiger partial charge in [-0.25, -0.2) is 9.67 Å². The number of hydrogen-bond donors (Lipinski definition) is 1. The van der Waals surface area contributed by atoms with Crippen molar-refractivity contribution in [3.8, 4) is 11.5 Å². The van der Waals surface area contributed by atoms with Gasteiger partial charge in [-0.1, -0.05) is 0 Å². The largest absolute Gasteiger partial charge is 0.463 e. The third-order valence-corrected chi connectivity index (χ3v) is 3.52. The molecule has 0 aromatic carbocycles. The molecular weight excluding hydrogens is 337 g/mol. The molecular formula is C16H15F3N4O2. The number of aromatic nitrogens is 3. The first kappa shape index (κ1) is 17.0. The first-order chi connectivity index (χ1) is 11.8. The van der Waals surface area contributed by atoms with Crippen LogP contribution in [0.2, 0.25) is 0 Å². The van der Waals surface area contributed by atoms with Crippen LogP contribution < -0.4 is 5.32 Å². The molecule has 3 aromatic rings. The van der Waals surface area contributed by atoms with Crippen LogP contribution in [-0.2, 0) is 0 Å². The van der Waals surface area contributed by atoms with Gasteiger partial charge in [-0.2, -0.15) is 18.3 Å². The number of hydrogen-bond acceptors (Lipinski definition) is 4. The molecule has 3 rings (SSSR count). The van der Waals surface area contributed by atoms with Gasteiger partial charge in [-0.05, 0) is 32.0 Å². The quantitative estimate of drug-likeness (QED) is 0.779. The Morgan fingerprint density at radius 1 is 1.40 bits per heavy atom. The molecule has 1 amide bonds. The molecule has 6 nitrogen and oxygen atoms in total. The van der Waals surface area contributed by atoms with E-state index in [-0.39, 0.29) is 11.6 Å². The van der Waals surface area contributed by atoms with Crippen LogP contribution in [0.1, 0.15) is 30.2 Å². The van der Waals surface area contributed by atoms with Crippen LogP contribution in [0.3, 0.4) is 0 Å². The fraction of sp³-hybridized carbons (Fsp3) is 0.312. The van der Waals surface area contributed by atoms with Gasteiger partial charge in [-0.3, -0.25) is 4.79 Å². The molecule has 0 saturated heterocycles. The lowest BCUT2D eigenvalue weighted by Gasteiger charge is -2.11. The Morgan fingerprint density at radius 3 is 2.76 bits per heavy atom. The molecule has 0 radical (unpaired) electrons. The zero-order valence-corrected chi connectivity index (χ0v) is 13.5. The smallest absolute Gasteiger partial charge is 0.405 e. The predicted octanol–water partition coefficient (Wildman–Crippen LogP) is 3.56. The summed E-state index contributed by atoms with van der Waals surface area (Å²) < 4.78 is 44.1. The van der Waals surface area contributed by atoms with Gasteiger partial charge >= 0.3 is 6.18 Å². The highest BCUT2D eigenvalue weighted by atomic mass is 19.4. The number of amides is 1. The van der Waals surface area contributed by atoms with Crippen molar-refractivity contribution < 1.29 is 22.4 Å². The van der Waals surface area contributed by atoms with Gasteiger partial charge in [0.25, 0.3) is 5.91 Å². The molecule has 0 aliphatic heterocycles. The number of carbonyl (C=O) groups is 1. The second-order valence-electron chi connectivity index (χ2n) is 5.75. The molecule has 3 heterocycles. The van der Waals surface area contributed by atoms with Crippen LogP contribution >= 0.6 is 0 Å². The molecule has 0 spiro atoms. The Kier molecular flexibility index (Phi) is 4.23. The molecule has 0 aliphatic rings. The summed E-state index contributed by atoms with van der Waals surface area (Å²) in [6.45, 7) is 2.36. The summed E-state index contributed by atoms with van der Waals surface area (Å²) >= 11 is 0. The van der Waals surface area contributed by atoms with E-state index in [2.05, 4.69) is 10.1 Å². The summed E-state index contributed by atoms with van der Waals surface area (Å²) in [7, 11) is 0. The van der Waals surface area contributed by atoms with Gasteiger partial charge in [0.15, 0.2) is 11.4 Å². The van der Waals surface area contributed by atoms with Gasteiger partial charge < -0.3 is 9.73 Å². The lowest BCUT2D eigenvalue weighted by atomic mass is 10.1. The third kappa shape index (κ3) is 3.49. The highest BCUT2D eigenvalue weighted by Gasteiger charge is 2.29. The molecule has 3 aromatic heterocycles.